The van der Waals surface area contributed by atoms with Crippen molar-refractivity contribution in [3.8, 4) is 5.75 Å². The molecule has 11 nitrogen and oxygen atoms in total. The van der Waals surface area contributed by atoms with Crippen LogP contribution in [0.1, 0.15) is 45.6 Å². The number of nitrogens with zero attached hydrogens (tertiary/aromatic N) is 2. The quantitative estimate of drug-likeness (QED) is 0.443. The summed E-state index contributed by atoms with van der Waals surface area (Å²) < 4.78 is 46.8. The molecule has 2 saturated heterocycles. The molecular weight excluding hydrogens is 576 g/mol. The predicted molar refractivity (Wildman–Crippen MR) is 159 cm³/mol. The highest BCUT2D eigenvalue weighted by molar-refractivity contribution is 7.90. The fraction of sp³-hybridized carbons (Fsp3) is 0.548. The number of ether oxygens (including phenoxy) is 4. The molecule has 43 heavy (non-hydrogen) atoms. The zero-order valence-electron chi connectivity index (χ0n) is 25.2. The Bertz CT molecular complexity index is 1350. The second-order valence-corrected chi connectivity index (χ2v) is 14.2. The maximum absolute atomic E-state index is 13.3. The second-order valence-electron chi connectivity index (χ2n) is 12.2. The molecule has 0 aliphatic carbocycles. The number of sulfone groups is 1. The Morgan fingerprint density at radius 2 is 1.81 bits per heavy atom. The average Bonchev–Trinajstić information content (AvgIpc) is 3.36. The van der Waals surface area contributed by atoms with Crippen molar-refractivity contribution in [1.29, 1.82) is 0 Å². The minimum Gasteiger partial charge on any atom is -0.491 e. The van der Waals surface area contributed by atoms with Crippen LogP contribution < -0.4 is 4.74 Å². The number of rotatable bonds is 9. The van der Waals surface area contributed by atoms with Crippen molar-refractivity contribution in [2.75, 3.05) is 39.1 Å². The Hall–Kier alpha value is -3.35. The Kier molecular flexibility index (Phi) is 10.2. The number of aliphatic hydroxyl groups is 1. The van der Waals surface area contributed by atoms with Crippen molar-refractivity contribution < 1.29 is 42.1 Å². The van der Waals surface area contributed by atoms with Gasteiger partial charge in [0.25, 0.3) is 0 Å². The van der Waals surface area contributed by atoms with Crippen molar-refractivity contribution in [3.63, 3.8) is 0 Å². The van der Waals surface area contributed by atoms with Gasteiger partial charge in [0.1, 0.15) is 30.7 Å². The van der Waals surface area contributed by atoms with Gasteiger partial charge in [-0.25, -0.2) is 18.0 Å². The molecule has 2 aliphatic rings. The van der Waals surface area contributed by atoms with Crippen LogP contribution in [0.2, 0.25) is 0 Å². The molecule has 0 unspecified atom stereocenters. The number of hydrogen-bond donors (Lipinski definition) is 1. The molecule has 1 spiro atoms. The molecule has 0 radical (unpaired) electrons. The molecular formula is C31H42N2O9S. The number of piperidine rings is 1. The lowest BCUT2D eigenvalue weighted by atomic mass is 9.87. The first kappa shape index (κ1) is 32.6. The standard InChI is InChI=1S/C31H42N2O9S/c1-30(2,3)42-29(36)33(19-25(34)22-39-26-11-8-12-27(17-26)43(4,37)38)24-18-31(41-21-24)13-15-32(16-14-31)28(35)40-20-23-9-6-5-7-10-23/h5-12,17,24-25,34H,13-16,18-22H2,1-4H3/t24-,25+/m1/s1. The van der Waals surface area contributed by atoms with Crippen LogP contribution in [-0.4, -0.2) is 98.0 Å². The summed E-state index contributed by atoms with van der Waals surface area (Å²) in [5.41, 5.74) is -0.330. The average molecular weight is 619 g/mol. The van der Waals surface area contributed by atoms with E-state index >= 15 is 0 Å². The van der Waals surface area contributed by atoms with Gasteiger partial charge in [0.2, 0.25) is 0 Å². The SMILES string of the molecule is CC(C)(C)OC(=O)N(C[C@H](O)COc1cccc(S(C)(=O)=O)c1)[C@H]1COC2(CCN(C(=O)OCc3ccccc3)CC2)C1. The van der Waals surface area contributed by atoms with Crippen LogP contribution in [0.5, 0.6) is 5.75 Å². The highest BCUT2D eigenvalue weighted by atomic mass is 32.2. The van der Waals surface area contributed by atoms with Gasteiger partial charge in [-0.05, 0) is 63.8 Å². The van der Waals surface area contributed by atoms with E-state index in [1.54, 1.807) is 37.8 Å². The molecule has 4 rings (SSSR count). The molecule has 0 saturated carbocycles. The summed E-state index contributed by atoms with van der Waals surface area (Å²) in [6, 6.07) is 15.2. The fourth-order valence-electron chi connectivity index (χ4n) is 5.24. The van der Waals surface area contributed by atoms with Gasteiger partial charge in [0.05, 0.1) is 29.7 Å². The summed E-state index contributed by atoms with van der Waals surface area (Å²) in [6.45, 7) is 6.51. The normalized spacial score (nSPS) is 19.1. The molecule has 0 bridgehead atoms. The number of hydrogen-bond acceptors (Lipinski definition) is 9. The van der Waals surface area contributed by atoms with Gasteiger partial charge in [0.15, 0.2) is 9.84 Å². The molecule has 2 atom stereocenters. The number of aliphatic hydroxyl groups excluding tert-OH is 1. The first-order valence-corrected chi connectivity index (χ1v) is 16.3. The molecule has 12 heteroatoms. The summed E-state index contributed by atoms with van der Waals surface area (Å²) in [5.74, 6) is 0.294. The Morgan fingerprint density at radius 3 is 2.47 bits per heavy atom. The second kappa shape index (κ2) is 13.5. The molecule has 2 amide bonds. The van der Waals surface area contributed by atoms with Gasteiger partial charge < -0.3 is 33.9 Å². The van der Waals surface area contributed by atoms with E-state index in [9.17, 15) is 23.1 Å². The molecule has 0 aromatic heterocycles. The smallest absolute Gasteiger partial charge is 0.410 e. The third-order valence-corrected chi connectivity index (χ3v) is 8.59. The molecule has 2 fully saturated rings. The van der Waals surface area contributed by atoms with Crippen molar-refractivity contribution in [1.82, 2.24) is 9.80 Å². The van der Waals surface area contributed by atoms with Crippen LogP contribution in [-0.2, 0) is 30.7 Å². The lowest BCUT2D eigenvalue weighted by molar-refractivity contribution is -0.0432. The van der Waals surface area contributed by atoms with Gasteiger partial charge in [-0.15, -0.1) is 0 Å². The van der Waals surface area contributed by atoms with Crippen LogP contribution >= 0.6 is 0 Å². The van der Waals surface area contributed by atoms with Crippen molar-refractivity contribution in [2.24, 2.45) is 0 Å². The maximum Gasteiger partial charge on any atom is 0.410 e. The highest BCUT2D eigenvalue weighted by Gasteiger charge is 2.47. The van der Waals surface area contributed by atoms with Gasteiger partial charge in [0, 0.05) is 19.3 Å². The monoisotopic (exact) mass is 618 g/mol. The van der Waals surface area contributed by atoms with Gasteiger partial charge in [-0.1, -0.05) is 36.4 Å². The summed E-state index contributed by atoms with van der Waals surface area (Å²) in [6.07, 6.45) is 0.808. The summed E-state index contributed by atoms with van der Waals surface area (Å²) >= 11 is 0. The van der Waals surface area contributed by atoms with Crippen molar-refractivity contribution in [3.05, 3.63) is 60.2 Å². The van der Waals surface area contributed by atoms with E-state index in [0.29, 0.717) is 38.1 Å². The molecule has 2 aromatic carbocycles. The van der Waals surface area contributed by atoms with Crippen LogP contribution in [0.25, 0.3) is 0 Å². The van der Waals surface area contributed by atoms with E-state index in [0.717, 1.165) is 11.8 Å². The van der Waals surface area contributed by atoms with Gasteiger partial charge >= 0.3 is 12.2 Å². The summed E-state index contributed by atoms with van der Waals surface area (Å²) in [4.78, 5) is 29.2. The third-order valence-electron chi connectivity index (χ3n) is 7.48. The van der Waals surface area contributed by atoms with Crippen LogP contribution in [0.15, 0.2) is 59.5 Å². The molecule has 236 valence electrons. The highest BCUT2D eigenvalue weighted by Crippen LogP contribution is 2.38. The van der Waals surface area contributed by atoms with E-state index in [-0.39, 0.29) is 43.4 Å². The van der Waals surface area contributed by atoms with E-state index < -0.39 is 33.2 Å². The molecule has 2 heterocycles. The number of likely N-dealkylation sites (tertiary alicyclic amines) is 1. The Balaban J connectivity index is 1.34. The molecule has 2 aromatic rings. The zero-order chi connectivity index (χ0) is 31.3. The first-order valence-electron chi connectivity index (χ1n) is 14.4. The lowest BCUT2D eigenvalue weighted by Crippen LogP contribution is -2.50. The van der Waals surface area contributed by atoms with Crippen LogP contribution in [0.3, 0.4) is 0 Å². The molecule has 1 N–H and O–H groups in total. The van der Waals surface area contributed by atoms with E-state index in [2.05, 4.69) is 0 Å². The topological polar surface area (TPSA) is 132 Å². The number of amides is 2. The number of carbonyl (C=O) groups excluding carboxylic acids is 2. The van der Waals surface area contributed by atoms with Crippen LogP contribution in [0.4, 0.5) is 9.59 Å². The first-order chi connectivity index (χ1) is 20.2. The fourth-order valence-corrected chi connectivity index (χ4v) is 5.89. The number of carbonyl (C=O) groups is 2. The van der Waals surface area contributed by atoms with E-state index in [4.69, 9.17) is 18.9 Å². The van der Waals surface area contributed by atoms with Crippen molar-refractivity contribution in [2.45, 2.75) is 74.9 Å². The van der Waals surface area contributed by atoms with E-state index in [1.807, 2.05) is 30.3 Å². The maximum atomic E-state index is 13.3. The third kappa shape index (κ3) is 9.32. The van der Waals surface area contributed by atoms with E-state index in [1.165, 1.54) is 17.0 Å². The predicted octanol–water partition coefficient (Wildman–Crippen LogP) is 4.03. The largest absolute Gasteiger partial charge is 0.491 e. The van der Waals surface area contributed by atoms with Gasteiger partial charge in [-0.3, -0.25) is 0 Å². The Morgan fingerprint density at radius 1 is 1.12 bits per heavy atom. The Labute approximate surface area is 253 Å². The summed E-state index contributed by atoms with van der Waals surface area (Å²) in [5, 5.41) is 10.9. The number of benzene rings is 2. The van der Waals surface area contributed by atoms with Gasteiger partial charge in [-0.2, -0.15) is 0 Å². The minimum atomic E-state index is -3.41. The minimum absolute atomic E-state index is 0.0667. The zero-order valence-corrected chi connectivity index (χ0v) is 26.0. The van der Waals surface area contributed by atoms with Crippen molar-refractivity contribution >= 4 is 22.0 Å². The summed E-state index contributed by atoms with van der Waals surface area (Å²) in [7, 11) is -3.41. The van der Waals surface area contributed by atoms with Crippen LogP contribution in [0, 0.1) is 0 Å². The lowest BCUT2D eigenvalue weighted by Gasteiger charge is -2.38. The molecule has 2 aliphatic heterocycles.